The van der Waals surface area contributed by atoms with Crippen LogP contribution in [0.3, 0.4) is 0 Å². The summed E-state index contributed by atoms with van der Waals surface area (Å²) >= 11 is 0. The highest BCUT2D eigenvalue weighted by Crippen LogP contribution is 2.24. The lowest BCUT2D eigenvalue weighted by molar-refractivity contribution is -0.123. The molecule has 2 aromatic carbocycles. The molecule has 0 saturated carbocycles. The van der Waals surface area contributed by atoms with Gasteiger partial charge in [-0.1, -0.05) is 42.5 Å². The van der Waals surface area contributed by atoms with Gasteiger partial charge in [0.25, 0.3) is 0 Å². The zero-order valence-corrected chi connectivity index (χ0v) is 13.7. The number of carbonyl (C=O) groups is 2. The number of hydrogen-bond acceptors (Lipinski definition) is 3. The van der Waals surface area contributed by atoms with Crippen LogP contribution in [0.25, 0.3) is 0 Å². The number of aromatic carboxylic acids is 1. The van der Waals surface area contributed by atoms with E-state index in [-0.39, 0.29) is 17.9 Å². The van der Waals surface area contributed by atoms with E-state index in [1.54, 1.807) is 26.0 Å². The number of carboxylic acids is 1. The maximum absolute atomic E-state index is 12.2. The van der Waals surface area contributed by atoms with Gasteiger partial charge < -0.3 is 15.5 Å². The normalized spacial score (nSPS) is 14.5. The van der Waals surface area contributed by atoms with E-state index in [9.17, 15) is 14.7 Å². The SMILES string of the molecule is C[C@@H](NC(=O)Cc1ccc(C(=O)O)cc1)[C@@](C)(O)c1ccccc1. The van der Waals surface area contributed by atoms with Gasteiger partial charge in [-0.25, -0.2) is 4.79 Å². The smallest absolute Gasteiger partial charge is 0.335 e. The Bertz CT molecular complexity index is 708. The van der Waals surface area contributed by atoms with Crippen LogP contribution < -0.4 is 5.32 Å². The number of benzene rings is 2. The highest BCUT2D eigenvalue weighted by molar-refractivity contribution is 5.87. The van der Waals surface area contributed by atoms with Gasteiger partial charge in [0.2, 0.25) is 5.91 Å². The summed E-state index contributed by atoms with van der Waals surface area (Å²) in [6, 6.07) is 14.8. The van der Waals surface area contributed by atoms with Crippen LogP contribution in [0.1, 0.15) is 35.3 Å². The van der Waals surface area contributed by atoms with Crippen LogP contribution in [0.2, 0.25) is 0 Å². The summed E-state index contributed by atoms with van der Waals surface area (Å²) in [5.41, 5.74) is 0.427. The van der Waals surface area contributed by atoms with Gasteiger partial charge in [0, 0.05) is 0 Å². The molecule has 0 aliphatic heterocycles. The molecule has 0 heterocycles. The molecule has 2 aromatic rings. The average Bonchev–Trinajstić information content (AvgIpc) is 2.56. The quantitative estimate of drug-likeness (QED) is 0.760. The van der Waals surface area contributed by atoms with Crippen LogP contribution in [-0.2, 0) is 16.8 Å². The third kappa shape index (κ3) is 4.20. The number of nitrogens with one attached hydrogen (secondary N) is 1. The Morgan fingerprint density at radius 3 is 2.21 bits per heavy atom. The third-order valence-electron chi connectivity index (χ3n) is 4.14. The largest absolute Gasteiger partial charge is 0.478 e. The van der Waals surface area contributed by atoms with E-state index in [2.05, 4.69) is 5.32 Å². The Hall–Kier alpha value is -2.66. The highest BCUT2D eigenvalue weighted by Gasteiger charge is 2.31. The molecular weight excluding hydrogens is 306 g/mol. The van der Waals surface area contributed by atoms with Gasteiger partial charge in [-0.2, -0.15) is 0 Å². The predicted molar refractivity (Wildman–Crippen MR) is 90.7 cm³/mol. The molecule has 126 valence electrons. The van der Waals surface area contributed by atoms with Crippen molar-refractivity contribution in [2.45, 2.75) is 31.9 Å². The zero-order valence-electron chi connectivity index (χ0n) is 13.7. The first-order valence-corrected chi connectivity index (χ1v) is 7.70. The summed E-state index contributed by atoms with van der Waals surface area (Å²) in [7, 11) is 0. The minimum absolute atomic E-state index is 0.120. The van der Waals surface area contributed by atoms with Crippen molar-refractivity contribution in [3.8, 4) is 0 Å². The van der Waals surface area contributed by atoms with E-state index in [4.69, 9.17) is 5.11 Å². The summed E-state index contributed by atoms with van der Waals surface area (Å²) in [6.07, 6.45) is 0.120. The molecule has 0 spiro atoms. The highest BCUT2D eigenvalue weighted by atomic mass is 16.4. The van der Waals surface area contributed by atoms with E-state index in [1.165, 1.54) is 12.1 Å². The number of rotatable bonds is 6. The maximum atomic E-state index is 12.2. The van der Waals surface area contributed by atoms with Gasteiger partial charge in [-0.3, -0.25) is 4.79 Å². The van der Waals surface area contributed by atoms with Crippen LogP contribution >= 0.6 is 0 Å². The van der Waals surface area contributed by atoms with E-state index in [0.717, 1.165) is 5.56 Å². The Kier molecular flexibility index (Phi) is 5.36. The number of hydrogen-bond donors (Lipinski definition) is 3. The predicted octanol–water partition coefficient (Wildman–Crippen LogP) is 2.34. The molecule has 0 aliphatic carbocycles. The molecule has 0 unspecified atom stereocenters. The maximum Gasteiger partial charge on any atom is 0.335 e. The molecule has 24 heavy (non-hydrogen) atoms. The Balaban J connectivity index is 2.00. The fraction of sp³-hybridized carbons (Fsp3) is 0.263. The van der Waals surface area contributed by atoms with E-state index < -0.39 is 17.6 Å². The summed E-state index contributed by atoms with van der Waals surface area (Å²) in [6.45, 7) is 3.41. The van der Waals surface area contributed by atoms with Crippen LogP contribution in [-0.4, -0.2) is 28.1 Å². The van der Waals surface area contributed by atoms with Gasteiger partial charge >= 0.3 is 5.97 Å². The fourth-order valence-corrected chi connectivity index (χ4v) is 2.41. The standard InChI is InChI=1S/C19H21NO4/c1-13(19(2,24)16-6-4-3-5-7-16)20-17(21)12-14-8-10-15(11-9-14)18(22)23/h3-11,13,24H,12H2,1-2H3,(H,20,21)(H,22,23)/t13-,19-/m1/s1. The molecule has 0 bridgehead atoms. The van der Waals surface area contributed by atoms with E-state index >= 15 is 0 Å². The van der Waals surface area contributed by atoms with E-state index in [1.807, 2.05) is 30.3 Å². The van der Waals surface area contributed by atoms with Crippen molar-refractivity contribution in [1.82, 2.24) is 5.32 Å². The van der Waals surface area contributed by atoms with Crippen LogP contribution in [0.4, 0.5) is 0 Å². The molecule has 1 amide bonds. The first-order valence-electron chi connectivity index (χ1n) is 7.70. The van der Waals surface area contributed by atoms with Gasteiger partial charge in [0.1, 0.15) is 5.60 Å². The van der Waals surface area contributed by atoms with Gasteiger partial charge in [0.05, 0.1) is 18.0 Å². The molecule has 0 aromatic heterocycles. The summed E-state index contributed by atoms with van der Waals surface area (Å²) < 4.78 is 0. The Morgan fingerprint density at radius 2 is 1.67 bits per heavy atom. The monoisotopic (exact) mass is 327 g/mol. The van der Waals surface area contributed by atoms with E-state index in [0.29, 0.717) is 5.56 Å². The number of amides is 1. The van der Waals surface area contributed by atoms with Crippen LogP contribution in [0.5, 0.6) is 0 Å². The van der Waals surface area contributed by atoms with Gasteiger partial charge in [-0.15, -0.1) is 0 Å². The third-order valence-corrected chi connectivity index (χ3v) is 4.14. The van der Waals surface area contributed by atoms with Crippen molar-refractivity contribution >= 4 is 11.9 Å². The number of carboxylic acid groups (broad SMARTS) is 1. The van der Waals surface area contributed by atoms with Crippen molar-refractivity contribution in [2.75, 3.05) is 0 Å². The van der Waals surface area contributed by atoms with Crippen molar-refractivity contribution in [2.24, 2.45) is 0 Å². The van der Waals surface area contributed by atoms with Crippen molar-refractivity contribution in [3.63, 3.8) is 0 Å². The summed E-state index contributed by atoms with van der Waals surface area (Å²) in [4.78, 5) is 23.0. The minimum atomic E-state index is -1.19. The molecule has 2 rings (SSSR count). The molecule has 5 nitrogen and oxygen atoms in total. The van der Waals surface area contributed by atoms with Gasteiger partial charge in [-0.05, 0) is 37.1 Å². The summed E-state index contributed by atoms with van der Waals surface area (Å²) in [5, 5.41) is 22.4. The fourth-order valence-electron chi connectivity index (χ4n) is 2.41. The lowest BCUT2D eigenvalue weighted by Gasteiger charge is -2.31. The second-order valence-corrected chi connectivity index (χ2v) is 5.98. The first kappa shape index (κ1) is 17.7. The van der Waals surface area contributed by atoms with Crippen molar-refractivity contribution in [3.05, 3.63) is 71.3 Å². The molecule has 3 N–H and O–H groups in total. The minimum Gasteiger partial charge on any atom is -0.478 e. The second-order valence-electron chi connectivity index (χ2n) is 5.98. The molecule has 0 saturated heterocycles. The average molecular weight is 327 g/mol. The van der Waals surface area contributed by atoms with Crippen LogP contribution in [0, 0.1) is 0 Å². The number of aliphatic hydroxyl groups is 1. The number of carbonyl (C=O) groups excluding carboxylic acids is 1. The molecule has 0 aliphatic rings. The second kappa shape index (κ2) is 7.27. The van der Waals surface area contributed by atoms with Crippen molar-refractivity contribution < 1.29 is 19.8 Å². The molecule has 0 fully saturated rings. The Labute approximate surface area is 141 Å². The zero-order chi connectivity index (χ0) is 17.7. The molecule has 5 heteroatoms. The topological polar surface area (TPSA) is 86.6 Å². The lowest BCUT2D eigenvalue weighted by atomic mass is 9.89. The summed E-state index contributed by atoms with van der Waals surface area (Å²) in [5.74, 6) is -1.24. The van der Waals surface area contributed by atoms with Crippen molar-refractivity contribution in [1.29, 1.82) is 0 Å². The molecule has 2 atom stereocenters. The first-order chi connectivity index (χ1) is 11.3. The lowest BCUT2D eigenvalue weighted by Crippen LogP contribution is -2.47. The van der Waals surface area contributed by atoms with Gasteiger partial charge in [0.15, 0.2) is 0 Å². The molecule has 0 radical (unpaired) electrons. The molecular formula is C19H21NO4. The Morgan fingerprint density at radius 1 is 1.08 bits per heavy atom. The van der Waals surface area contributed by atoms with Crippen LogP contribution in [0.15, 0.2) is 54.6 Å².